The van der Waals surface area contributed by atoms with Crippen molar-refractivity contribution >= 4 is 32.8 Å². The van der Waals surface area contributed by atoms with Gasteiger partial charge in [-0.15, -0.1) is 13.2 Å². The van der Waals surface area contributed by atoms with Crippen LogP contribution in [0.2, 0.25) is 0 Å². The molecule has 0 radical (unpaired) electrons. The van der Waals surface area contributed by atoms with E-state index in [1.807, 2.05) is 0 Å². The van der Waals surface area contributed by atoms with Crippen LogP contribution in [-0.4, -0.2) is 16.6 Å². The number of halogens is 7. The fourth-order valence-electron chi connectivity index (χ4n) is 1.23. The summed E-state index contributed by atoms with van der Waals surface area (Å²) in [5.74, 6) is -1.20. The number of aromatic nitrogens is 1. The lowest BCUT2D eigenvalue weighted by Crippen LogP contribution is -2.19. The van der Waals surface area contributed by atoms with Gasteiger partial charge >= 0.3 is 6.36 Å². The minimum atomic E-state index is -5.18. The van der Waals surface area contributed by atoms with Crippen molar-refractivity contribution in [2.45, 2.75) is 18.1 Å². The van der Waals surface area contributed by atoms with E-state index < -0.39 is 40.7 Å². The molecular formula is C9H4BrClF5NO2. The number of rotatable bonds is 4. The minimum absolute atomic E-state index is 0.293. The molecule has 0 N–H and O–H groups in total. The van der Waals surface area contributed by atoms with Gasteiger partial charge in [-0.25, -0.2) is 13.8 Å². The van der Waals surface area contributed by atoms with Gasteiger partial charge in [-0.2, -0.15) is 0 Å². The largest absolute Gasteiger partial charge is 0.573 e. The van der Waals surface area contributed by atoms with Gasteiger partial charge in [-0.05, 0) is 11.6 Å². The van der Waals surface area contributed by atoms with Crippen molar-refractivity contribution < 1.29 is 31.5 Å². The Labute approximate surface area is 116 Å². The zero-order valence-electron chi connectivity index (χ0n) is 8.77. The summed E-state index contributed by atoms with van der Waals surface area (Å²) in [6.07, 6.45) is -8.43. The second-order valence-corrected chi connectivity index (χ2v) is 4.03. The molecule has 0 atom stereocenters. The molecule has 10 heteroatoms. The summed E-state index contributed by atoms with van der Waals surface area (Å²) in [7, 11) is 0. The smallest absolute Gasteiger partial charge is 0.405 e. The van der Waals surface area contributed by atoms with Crippen molar-refractivity contribution in [3.8, 4) is 5.75 Å². The highest BCUT2D eigenvalue weighted by Gasteiger charge is 2.35. The lowest BCUT2D eigenvalue weighted by atomic mass is 10.1. The van der Waals surface area contributed by atoms with Crippen LogP contribution in [0.3, 0.4) is 0 Å². The molecule has 1 aromatic rings. The average Bonchev–Trinajstić information content (AvgIpc) is 2.24. The number of alkyl halides is 6. The second-order valence-electron chi connectivity index (χ2n) is 3.12. The fraction of sp³-hybridized carbons (Fsp3) is 0.333. The summed E-state index contributed by atoms with van der Waals surface area (Å²) in [5.41, 5.74) is -2.11. The molecule has 0 aliphatic carbocycles. The third kappa shape index (κ3) is 4.27. The van der Waals surface area contributed by atoms with Crippen LogP contribution in [0, 0.1) is 0 Å². The Balaban J connectivity index is 3.45. The van der Waals surface area contributed by atoms with E-state index >= 15 is 0 Å². The molecule has 0 spiro atoms. The van der Waals surface area contributed by atoms with Crippen LogP contribution in [0.15, 0.2) is 6.07 Å². The molecule has 1 heterocycles. The lowest BCUT2D eigenvalue weighted by molar-refractivity contribution is -0.275. The van der Waals surface area contributed by atoms with Crippen LogP contribution in [0.25, 0.3) is 0 Å². The molecule has 19 heavy (non-hydrogen) atoms. The lowest BCUT2D eigenvalue weighted by Gasteiger charge is -2.15. The SMILES string of the molecule is O=C(Cl)c1cc(OC(F)(F)F)c(C(F)F)c(CBr)n1. The van der Waals surface area contributed by atoms with E-state index in [1.54, 1.807) is 0 Å². The molecule has 0 aliphatic rings. The van der Waals surface area contributed by atoms with E-state index in [4.69, 9.17) is 11.6 Å². The Hall–Kier alpha value is -0.960. The first-order valence-corrected chi connectivity index (χ1v) is 5.99. The zero-order valence-corrected chi connectivity index (χ0v) is 11.1. The van der Waals surface area contributed by atoms with E-state index in [2.05, 4.69) is 25.7 Å². The molecule has 106 valence electrons. The summed E-state index contributed by atoms with van der Waals surface area (Å²) >= 11 is 7.85. The predicted molar refractivity (Wildman–Crippen MR) is 58.7 cm³/mol. The predicted octanol–water partition coefficient (Wildman–Crippen LogP) is 4.19. The van der Waals surface area contributed by atoms with Crippen molar-refractivity contribution in [3.05, 3.63) is 23.0 Å². The van der Waals surface area contributed by atoms with Gasteiger partial charge in [-0.3, -0.25) is 4.79 Å². The van der Waals surface area contributed by atoms with Crippen LogP contribution in [0.5, 0.6) is 5.75 Å². The van der Waals surface area contributed by atoms with E-state index in [9.17, 15) is 26.7 Å². The molecule has 0 fully saturated rings. The van der Waals surface area contributed by atoms with Gasteiger partial charge in [0.25, 0.3) is 11.7 Å². The van der Waals surface area contributed by atoms with Crippen molar-refractivity contribution in [1.82, 2.24) is 4.98 Å². The van der Waals surface area contributed by atoms with Crippen molar-refractivity contribution in [1.29, 1.82) is 0 Å². The summed E-state index contributed by atoms with van der Waals surface area (Å²) in [4.78, 5) is 14.3. The average molecular weight is 368 g/mol. The number of ether oxygens (including phenoxy) is 1. The van der Waals surface area contributed by atoms with Crippen LogP contribution in [0.1, 0.15) is 28.2 Å². The highest BCUT2D eigenvalue weighted by Crippen LogP contribution is 2.36. The molecule has 0 aliphatic heterocycles. The maximum absolute atomic E-state index is 12.8. The molecule has 0 unspecified atom stereocenters. The minimum Gasteiger partial charge on any atom is -0.405 e. The number of nitrogens with zero attached hydrogens (tertiary/aromatic N) is 1. The fourth-order valence-corrected chi connectivity index (χ4v) is 1.75. The summed E-state index contributed by atoms with van der Waals surface area (Å²) in [6.45, 7) is 0. The topological polar surface area (TPSA) is 39.2 Å². The number of hydrogen-bond acceptors (Lipinski definition) is 3. The van der Waals surface area contributed by atoms with Crippen molar-refractivity contribution in [2.24, 2.45) is 0 Å². The van der Waals surface area contributed by atoms with Crippen LogP contribution in [0.4, 0.5) is 22.0 Å². The van der Waals surface area contributed by atoms with Crippen LogP contribution in [-0.2, 0) is 5.33 Å². The number of hydrogen-bond donors (Lipinski definition) is 0. The first kappa shape index (κ1) is 16.1. The molecule has 3 nitrogen and oxygen atoms in total. The van der Waals surface area contributed by atoms with Crippen molar-refractivity contribution in [3.63, 3.8) is 0 Å². The number of carbonyl (C=O) groups excluding carboxylic acids is 1. The Morgan fingerprint density at radius 1 is 1.47 bits per heavy atom. The molecule has 0 aromatic carbocycles. The van der Waals surface area contributed by atoms with Crippen LogP contribution < -0.4 is 4.74 Å². The first-order chi connectivity index (χ1) is 8.65. The third-order valence-corrected chi connectivity index (χ3v) is 2.60. The molecular weight excluding hydrogens is 364 g/mol. The molecule has 0 saturated carbocycles. The van der Waals surface area contributed by atoms with Gasteiger partial charge in [0.1, 0.15) is 11.4 Å². The van der Waals surface area contributed by atoms with Gasteiger partial charge in [0.2, 0.25) is 0 Å². The van der Waals surface area contributed by atoms with Crippen LogP contribution >= 0.6 is 27.5 Å². The number of pyridine rings is 1. The summed E-state index contributed by atoms with van der Waals surface area (Å²) in [6, 6.07) is 0.427. The van der Waals surface area contributed by atoms with E-state index in [0.717, 1.165) is 0 Å². The summed E-state index contributed by atoms with van der Waals surface area (Å²) in [5, 5.41) is -1.48. The van der Waals surface area contributed by atoms with E-state index in [0.29, 0.717) is 6.07 Å². The van der Waals surface area contributed by atoms with Gasteiger partial charge in [-0.1, -0.05) is 15.9 Å². The maximum Gasteiger partial charge on any atom is 0.573 e. The molecule has 0 saturated heterocycles. The van der Waals surface area contributed by atoms with Gasteiger partial charge in [0.05, 0.1) is 11.3 Å². The quantitative estimate of drug-likeness (QED) is 0.454. The molecule has 1 rings (SSSR count). The van der Waals surface area contributed by atoms with E-state index in [-0.39, 0.29) is 5.33 Å². The maximum atomic E-state index is 12.8. The first-order valence-electron chi connectivity index (χ1n) is 4.49. The Kier molecular flexibility index (Phi) is 5.08. The van der Waals surface area contributed by atoms with E-state index in [1.165, 1.54) is 0 Å². The molecule has 1 aromatic heterocycles. The molecule has 0 bridgehead atoms. The second kappa shape index (κ2) is 6.00. The Morgan fingerprint density at radius 2 is 2.05 bits per heavy atom. The van der Waals surface area contributed by atoms with Crippen molar-refractivity contribution in [2.75, 3.05) is 0 Å². The Morgan fingerprint density at radius 3 is 2.42 bits per heavy atom. The summed E-state index contributed by atoms with van der Waals surface area (Å²) < 4.78 is 65.4. The molecule has 0 amide bonds. The normalized spacial score (nSPS) is 11.8. The zero-order chi connectivity index (χ0) is 14.8. The highest BCUT2D eigenvalue weighted by molar-refractivity contribution is 9.08. The number of carbonyl (C=O) groups is 1. The Bertz CT molecular complexity index is 494. The van der Waals surface area contributed by atoms with Gasteiger partial charge < -0.3 is 4.74 Å². The van der Waals surface area contributed by atoms with Gasteiger partial charge in [0, 0.05) is 11.4 Å². The monoisotopic (exact) mass is 367 g/mol. The van der Waals surface area contributed by atoms with Gasteiger partial charge in [0.15, 0.2) is 0 Å². The highest BCUT2D eigenvalue weighted by atomic mass is 79.9. The third-order valence-electron chi connectivity index (χ3n) is 1.87. The standard InChI is InChI=1S/C9H4BrClF5NO2/c10-2-4-6(8(12)13)5(19-9(14,15)16)1-3(17-4)7(11)18/h1,8H,2H2.